The Morgan fingerprint density at radius 1 is 1.24 bits per heavy atom. The molecule has 0 amide bonds. The highest BCUT2D eigenvalue weighted by Crippen LogP contribution is 2.21. The van der Waals surface area contributed by atoms with Crippen LogP contribution in [0, 0.1) is 5.92 Å². The van der Waals surface area contributed by atoms with E-state index >= 15 is 0 Å². The lowest BCUT2D eigenvalue weighted by molar-refractivity contribution is -0.0245. The van der Waals surface area contributed by atoms with Crippen LogP contribution in [0.1, 0.15) is 37.8 Å². The average molecular weight is 290 g/mol. The van der Waals surface area contributed by atoms with Gasteiger partial charge in [0.15, 0.2) is 0 Å². The van der Waals surface area contributed by atoms with Crippen LogP contribution in [0.3, 0.4) is 0 Å². The summed E-state index contributed by atoms with van der Waals surface area (Å²) in [5, 5.41) is 3.74. The van der Waals surface area contributed by atoms with Gasteiger partial charge in [-0.1, -0.05) is 38.1 Å². The Morgan fingerprint density at radius 3 is 2.62 bits per heavy atom. The second kappa shape index (κ2) is 7.92. The molecule has 1 N–H and O–H groups in total. The summed E-state index contributed by atoms with van der Waals surface area (Å²) >= 11 is 0. The van der Waals surface area contributed by atoms with E-state index < -0.39 is 0 Å². The lowest BCUT2D eigenvalue weighted by atomic mass is 9.95. The van der Waals surface area contributed by atoms with Crippen molar-refractivity contribution in [2.75, 3.05) is 20.7 Å². The van der Waals surface area contributed by atoms with Crippen molar-refractivity contribution in [1.82, 2.24) is 10.2 Å². The number of benzene rings is 1. The van der Waals surface area contributed by atoms with Crippen LogP contribution in [0.5, 0.6) is 0 Å². The number of rotatable bonds is 6. The molecule has 3 nitrogen and oxygen atoms in total. The third kappa shape index (κ3) is 5.10. The molecule has 21 heavy (non-hydrogen) atoms. The second-order valence-corrected chi connectivity index (χ2v) is 6.76. The number of hydrogen-bond acceptors (Lipinski definition) is 3. The van der Waals surface area contributed by atoms with E-state index in [2.05, 4.69) is 62.4 Å². The smallest absolute Gasteiger partial charge is 0.0612 e. The maximum atomic E-state index is 5.85. The molecular formula is C18H30N2O. The SMILES string of the molecule is CC(C)C1CC(NCc2ccccc2CN(C)C)CCO1. The van der Waals surface area contributed by atoms with Gasteiger partial charge in [0.1, 0.15) is 0 Å². The van der Waals surface area contributed by atoms with Crippen LogP contribution in [0.15, 0.2) is 24.3 Å². The van der Waals surface area contributed by atoms with Crippen molar-refractivity contribution in [2.24, 2.45) is 5.92 Å². The zero-order valence-electron chi connectivity index (χ0n) is 13.9. The molecule has 118 valence electrons. The molecule has 0 bridgehead atoms. The first-order chi connectivity index (χ1) is 10.1. The van der Waals surface area contributed by atoms with Crippen molar-refractivity contribution in [3.63, 3.8) is 0 Å². The molecule has 2 rings (SSSR count). The molecule has 1 fully saturated rings. The standard InChI is InChI=1S/C18H30N2O/c1-14(2)18-11-17(9-10-21-18)19-12-15-7-5-6-8-16(15)13-20(3)4/h5-8,14,17-19H,9-13H2,1-4H3. The summed E-state index contributed by atoms with van der Waals surface area (Å²) in [7, 11) is 4.24. The molecule has 1 aliphatic heterocycles. The largest absolute Gasteiger partial charge is 0.378 e. The molecule has 0 radical (unpaired) electrons. The molecule has 1 aromatic rings. The summed E-state index contributed by atoms with van der Waals surface area (Å²) in [6, 6.07) is 9.32. The molecule has 2 unspecified atom stereocenters. The first kappa shape index (κ1) is 16.5. The first-order valence-corrected chi connectivity index (χ1v) is 8.12. The van der Waals surface area contributed by atoms with E-state index in [1.165, 1.54) is 11.1 Å². The van der Waals surface area contributed by atoms with Gasteiger partial charge in [-0.15, -0.1) is 0 Å². The Bertz CT molecular complexity index is 431. The van der Waals surface area contributed by atoms with Gasteiger partial charge in [-0.25, -0.2) is 0 Å². The Hall–Kier alpha value is -0.900. The maximum Gasteiger partial charge on any atom is 0.0612 e. The number of nitrogens with zero attached hydrogens (tertiary/aromatic N) is 1. The van der Waals surface area contributed by atoms with Crippen molar-refractivity contribution in [2.45, 2.75) is 51.9 Å². The van der Waals surface area contributed by atoms with Crippen LogP contribution < -0.4 is 5.32 Å². The highest BCUT2D eigenvalue weighted by molar-refractivity contribution is 5.27. The maximum absolute atomic E-state index is 5.85. The Labute approximate surface area is 129 Å². The fraction of sp³-hybridized carbons (Fsp3) is 0.667. The van der Waals surface area contributed by atoms with Gasteiger partial charge in [-0.2, -0.15) is 0 Å². The average Bonchev–Trinajstić information content (AvgIpc) is 2.46. The fourth-order valence-corrected chi connectivity index (χ4v) is 2.96. The lowest BCUT2D eigenvalue weighted by Crippen LogP contribution is -2.40. The van der Waals surface area contributed by atoms with E-state index in [1.54, 1.807) is 0 Å². The van der Waals surface area contributed by atoms with E-state index in [0.29, 0.717) is 18.1 Å². The van der Waals surface area contributed by atoms with Gasteiger partial charge in [0.25, 0.3) is 0 Å². The van der Waals surface area contributed by atoms with Crippen molar-refractivity contribution in [1.29, 1.82) is 0 Å². The summed E-state index contributed by atoms with van der Waals surface area (Å²) in [6.07, 6.45) is 2.67. The van der Waals surface area contributed by atoms with E-state index in [9.17, 15) is 0 Å². The molecular weight excluding hydrogens is 260 g/mol. The van der Waals surface area contributed by atoms with Crippen molar-refractivity contribution >= 4 is 0 Å². The molecule has 1 aliphatic rings. The van der Waals surface area contributed by atoms with Crippen LogP contribution >= 0.6 is 0 Å². The molecule has 1 saturated heterocycles. The molecule has 3 heteroatoms. The summed E-state index contributed by atoms with van der Waals surface area (Å²) < 4.78 is 5.85. The number of nitrogens with one attached hydrogen (secondary N) is 1. The predicted molar refractivity (Wildman–Crippen MR) is 88.3 cm³/mol. The summed E-state index contributed by atoms with van der Waals surface area (Å²) in [5.41, 5.74) is 2.83. The van der Waals surface area contributed by atoms with Crippen LogP contribution in [0.25, 0.3) is 0 Å². The molecule has 0 saturated carbocycles. The van der Waals surface area contributed by atoms with E-state index in [4.69, 9.17) is 4.74 Å². The zero-order valence-corrected chi connectivity index (χ0v) is 13.9. The molecule has 0 spiro atoms. The normalized spacial score (nSPS) is 23.0. The van der Waals surface area contributed by atoms with Crippen LogP contribution in [-0.2, 0) is 17.8 Å². The molecule has 0 aromatic heterocycles. The van der Waals surface area contributed by atoms with Crippen LogP contribution in [0.2, 0.25) is 0 Å². The Balaban J connectivity index is 1.90. The van der Waals surface area contributed by atoms with E-state index in [1.807, 2.05) is 0 Å². The van der Waals surface area contributed by atoms with Gasteiger partial charge in [0, 0.05) is 25.7 Å². The van der Waals surface area contributed by atoms with E-state index in [0.717, 1.165) is 32.5 Å². The predicted octanol–water partition coefficient (Wildman–Crippen LogP) is 3.04. The highest BCUT2D eigenvalue weighted by atomic mass is 16.5. The first-order valence-electron chi connectivity index (χ1n) is 8.12. The third-order valence-electron chi connectivity index (χ3n) is 4.24. The number of hydrogen-bond donors (Lipinski definition) is 1. The van der Waals surface area contributed by atoms with Crippen molar-refractivity contribution in [3.8, 4) is 0 Å². The van der Waals surface area contributed by atoms with Gasteiger partial charge in [0.2, 0.25) is 0 Å². The van der Waals surface area contributed by atoms with Crippen molar-refractivity contribution in [3.05, 3.63) is 35.4 Å². The van der Waals surface area contributed by atoms with Crippen molar-refractivity contribution < 1.29 is 4.74 Å². The Morgan fingerprint density at radius 2 is 1.95 bits per heavy atom. The molecule has 2 atom stereocenters. The number of ether oxygens (including phenoxy) is 1. The van der Waals surface area contributed by atoms with E-state index in [-0.39, 0.29) is 0 Å². The molecule has 0 aliphatic carbocycles. The molecule has 1 heterocycles. The summed E-state index contributed by atoms with van der Waals surface area (Å²) in [5.74, 6) is 0.607. The second-order valence-electron chi connectivity index (χ2n) is 6.76. The minimum absolute atomic E-state index is 0.410. The van der Waals surface area contributed by atoms with Crippen LogP contribution in [0.4, 0.5) is 0 Å². The Kier molecular flexibility index (Phi) is 6.22. The quantitative estimate of drug-likeness (QED) is 0.871. The van der Waals surface area contributed by atoms with Gasteiger partial charge in [-0.3, -0.25) is 0 Å². The van der Waals surface area contributed by atoms with Gasteiger partial charge in [0.05, 0.1) is 6.10 Å². The lowest BCUT2D eigenvalue weighted by Gasteiger charge is -2.32. The third-order valence-corrected chi connectivity index (χ3v) is 4.24. The topological polar surface area (TPSA) is 24.5 Å². The van der Waals surface area contributed by atoms with Crippen LogP contribution in [-0.4, -0.2) is 37.7 Å². The highest BCUT2D eigenvalue weighted by Gasteiger charge is 2.24. The fourth-order valence-electron chi connectivity index (χ4n) is 2.96. The summed E-state index contributed by atoms with van der Waals surface area (Å²) in [6.45, 7) is 7.35. The van der Waals surface area contributed by atoms with Gasteiger partial charge in [-0.05, 0) is 44.0 Å². The zero-order chi connectivity index (χ0) is 15.2. The summed E-state index contributed by atoms with van der Waals surface area (Å²) in [4.78, 5) is 2.22. The van der Waals surface area contributed by atoms with Gasteiger partial charge >= 0.3 is 0 Å². The minimum Gasteiger partial charge on any atom is -0.378 e. The van der Waals surface area contributed by atoms with Gasteiger partial charge < -0.3 is 15.0 Å². The molecule has 1 aromatic carbocycles. The monoisotopic (exact) mass is 290 g/mol. The minimum atomic E-state index is 0.410.